The number of nitrogens with two attached hydrogens (primary N) is 1. The SMILES string of the molecule is NC(CO)c1ccc2nccn2c1. The minimum absolute atomic E-state index is 0.0415. The molecule has 2 heterocycles. The molecule has 2 aromatic heterocycles. The van der Waals surface area contributed by atoms with Crippen LogP contribution in [0.4, 0.5) is 0 Å². The van der Waals surface area contributed by atoms with Crippen LogP contribution in [0, 0.1) is 0 Å². The zero-order valence-electron chi connectivity index (χ0n) is 7.09. The van der Waals surface area contributed by atoms with Crippen molar-refractivity contribution in [1.29, 1.82) is 0 Å². The average molecular weight is 177 g/mol. The Bertz CT molecular complexity index is 410. The van der Waals surface area contributed by atoms with E-state index in [1.54, 1.807) is 6.20 Å². The van der Waals surface area contributed by atoms with Gasteiger partial charge in [0.2, 0.25) is 0 Å². The van der Waals surface area contributed by atoms with Gasteiger partial charge in [0.15, 0.2) is 0 Å². The summed E-state index contributed by atoms with van der Waals surface area (Å²) in [5.74, 6) is 0. The number of pyridine rings is 1. The van der Waals surface area contributed by atoms with Gasteiger partial charge in [-0.1, -0.05) is 6.07 Å². The predicted molar refractivity (Wildman–Crippen MR) is 49.2 cm³/mol. The van der Waals surface area contributed by atoms with Crippen molar-refractivity contribution in [2.24, 2.45) is 5.73 Å². The summed E-state index contributed by atoms with van der Waals surface area (Å²) in [5, 5.41) is 8.86. The minimum atomic E-state index is -0.313. The fourth-order valence-corrected chi connectivity index (χ4v) is 1.26. The normalized spacial score (nSPS) is 13.4. The summed E-state index contributed by atoms with van der Waals surface area (Å²) in [5.41, 5.74) is 7.46. The third kappa shape index (κ3) is 1.41. The lowest BCUT2D eigenvalue weighted by Crippen LogP contribution is -2.14. The van der Waals surface area contributed by atoms with Crippen LogP contribution in [-0.4, -0.2) is 21.1 Å². The van der Waals surface area contributed by atoms with E-state index in [-0.39, 0.29) is 12.6 Å². The van der Waals surface area contributed by atoms with Gasteiger partial charge in [-0.15, -0.1) is 0 Å². The van der Waals surface area contributed by atoms with Crippen LogP contribution in [0.3, 0.4) is 0 Å². The Morgan fingerprint density at radius 1 is 1.54 bits per heavy atom. The molecule has 4 heteroatoms. The maximum Gasteiger partial charge on any atom is 0.136 e. The van der Waals surface area contributed by atoms with Gasteiger partial charge in [0.25, 0.3) is 0 Å². The molecule has 2 rings (SSSR count). The molecule has 0 amide bonds. The van der Waals surface area contributed by atoms with Crippen LogP contribution in [0.5, 0.6) is 0 Å². The third-order valence-corrected chi connectivity index (χ3v) is 2.04. The van der Waals surface area contributed by atoms with Crippen molar-refractivity contribution in [3.63, 3.8) is 0 Å². The Morgan fingerprint density at radius 2 is 2.38 bits per heavy atom. The van der Waals surface area contributed by atoms with E-state index in [4.69, 9.17) is 10.8 Å². The number of aliphatic hydroxyl groups is 1. The zero-order valence-corrected chi connectivity index (χ0v) is 7.09. The van der Waals surface area contributed by atoms with Crippen LogP contribution in [0.15, 0.2) is 30.7 Å². The summed E-state index contributed by atoms with van der Waals surface area (Å²) in [7, 11) is 0. The molecule has 0 aliphatic heterocycles. The van der Waals surface area contributed by atoms with Crippen molar-refractivity contribution in [2.75, 3.05) is 6.61 Å². The maximum atomic E-state index is 8.86. The molecule has 0 bridgehead atoms. The number of hydrogen-bond donors (Lipinski definition) is 2. The number of fused-ring (bicyclic) bond motifs is 1. The fourth-order valence-electron chi connectivity index (χ4n) is 1.26. The van der Waals surface area contributed by atoms with Crippen molar-refractivity contribution in [3.05, 3.63) is 36.3 Å². The molecular weight excluding hydrogens is 166 g/mol. The quantitative estimate of drug-likeness (QED) is 0.694. The molecule has 0 fully saturated rings. The lowest BCUT2D eigenvalue weighted by Gasteiger charge is -2.08. The van der Waals surface area contributed by atoms with Crippen LogP contribution in [0.1, 0.15) is 11.6 Å². The maximum absolute atomic E-state index is 8.86. The second-order valence-electron chi connectivity index (χ2n) is 2.94. The molecule has 0 aromatic carbocycles. The molecule has 4 nitrogen and oxygen atoms in total. The number of rotatable bonds is 2. The molecule has 2 aromatic rings. The number of hydrogen-bond acceptors (Lipinski definition) is 3. The zero-order chi connectivity index (χ0) is 9.26. The van der Waals surface area contributed by atoms with Gasteiger partial charge in [0.05, 0.1) is 12.6 Å². The van der Waals surface area contributed by atoms with Gasteiger partial charge in [-0.2, -0.15) is 0 Å². The van der Waals surface area contributed by atoms with E-state index in [1.807, 2.05) is 28.9 Å². The van der Waals surface area contributed by atoms with Crippen LogP contribution in [-0.2, 0) is 0 Å². The molecule has 68 valence electrons. The Balaban J connectivity index is 2.48. The lowest BCUT2D eigenvalue weighted by atomic mass is 10.1. The third-order valence-electron chi connectivity index (χ3n) is 2.04. The number of aromatic nitrogens is 2. The van der Waals surface area contributed by atoms with E-state index in [2.05, 4.69) is 4.98 Å². The van der Waals surface area contributed by atoms with Gasteiger partial charge >= 0.3 is 0 Å². The van der Waals surface area contributed by atoms with E-state index in [0.29, 0.717) is 0 Å². The van der Waals surface area contributed by atoms with Crippen LogP contribution >= 0.6 is 0 Å². The number of nitrogens with zero attached hydrogens (tertiary/aromatic N) is 2. The highest BCUT2D eigenvalue weighted by atomic mass is 16.3. The summed E-state index contributed by atoms with van der Waals surface area (Å²) >= 11 is 0. The van der Waals surface area contributed by atoms with Crippen molar-refractivity contribution >= 4 is 5.65 Å². The van der Waals surface area contributed by atoms with Crippen molar-refractivity contribution in [1.82, 2.24) is 9.38 Å². The Hall–Kier alpha value is -1.39. The molecule has 0 aliphatic rings. The molecule has 0 aliphatic carbocycles. The Morgan fingerprint density at radius 3 is 3.15 bits per heavy atom. The lowest BCUT2D eigenvalue weighted by molar-refractivity contribution is 0.268. The molecule has 0 spiro atoms. The summed E-state index contributed by atoms with van der Waals surface area (Å²) in [4.78, 5) is 4.10. The highest BCUT2D eigenvalue weighted by Gasteiger charge is 2.04. The van der Waals surface area contributed by atoms with E-state index in [0.717, 1.165) is 11.2 Å². The molecular formula is C9H11N3O. The van der Waals surface area contributed by atoms with Gasteiger partial charge < -0.3 is 15.2 Å². The Kier molecular flexibility index (Phi) is 2.00. The van der Waals surface area contributed by atoms with Crippen molar-refractivity contribution in [2.45, 2.75) is 6.04 Å². The van der Waals surface area contributed by atoms with Gasteiger partial charge in [-0.05, 0) is 11.6 Å². The number of imidazole rings is 1. The van der Waals surface area contributed by atoms with Gasteiger partial charge in [-0.25, -0.2) is 4.98 Å². The first-order chi connectivity index (χ1) is 6.31. The smallest absolute Gasteiger partial charge is 0.136 e. The topological polar surface area (TPSA) is 63.5 Å². The fraction of sp³-hybridized carbons (Fsp3) is 0.222. The summed E-state index contributed by atoms with van der Waals surface area (Å²) in [6.07, 6.45) is 5.45. The molecule has 0 radical (unpaired) electrons. The van der Waals surface area contributed by atoms with Crippen molar-refractivity contribution in [3.8, 4) is 0 Å². The van der Waals surface area contributed by atoms with Crippen LogP contribution in [0.25, 0.3) is 5.65 Å². The van der Waals surface area contributed by atoms with Crippen LogP contribution in [0.2, 0.25) is 0 Å². The molecule has 1 unspecified atom stereocenters. The van der Waals surface area contributed by atoms with Gasteiger partial charge in [-0.3, -0.25) is 0 Å². The van der Waals surface area contributed by atoms with E-state index >= 15 is 0 Å². The van der Waals surface area contributed by atoms with Crippen molar-refractivity contribution < 1.29 is 5.11 Å². The highest BCUT2D eigenvalue weighted by molar-refractivity contribution is 5.39. The molecule has 0 saturated carbocycles. The van der Waals surface area contributed by atoms with Crippen LogP contribution < -0.4 is 5.73 Å². The first kappa shape index (κ1) is 8.22. The average Bonchev–Trinajstić information content (AvgIpc) is 2.63. The first-order valence-corrected chi connectivity index (χ1v) is 4.10. The summed E-state index contributed by atoms with van der Waals surface area (Å²) in [6, 6.07) is 3.44. The minimum Gasteiger partial charge on any atom is -0.394 e. The predicted octanol–water partition coefficient (Wildman–Crippen LogP) is 0.326. The highest BCUT2D eigenvalue weighted by Crippen LogP contribution is 2.10. The second kappa shape index (κ2) is 3.16. The molecule has 1 atom stereocenters. The first-order valence-electron chi connectivity index (χ1n) is 4.10. The van der Waals surface area contributed by atoms with Gasteiger partial charge in [0, 0.05) is 18.6 Å². The monoisotopic (exact) mass is 177 g/mol. The second-order valence-corrected chi connectivity index (χ2v) is 2.94. The molecule has 13 heavy (non-hydrogen) atoms. The number of aliphatic hydroxyl groups excluding tert-OH is 1. The largest absolute Gasteiger partial charge is 0.394 e. The summed E-state index contributed by atoms with van der Waals surface area (Å²) in [6.45, 7) is -0.0415. The molecule has 3 N–H and O–H groups in total. The standard InChI is InChI=1S/C9H11N3O/c10-8(6-13)7-1-2-9-11-3-4-12(9)5-7/h1-5,8,13H,6,10H2. The molecule has 0 saturated heterocycles. The Labute approximate surface area is 75.6 Å². The van der Waals surface area contributed by atoms with E-state index < -0.39 is 0 Å². The van der Waals surface area contributed by atoms with E-state index in [1.165, 1.54) is 0 Å². The summed E-state index contributed by atoms with van der Waals surface area (Å²) < 4.78 is 1.88. The van der Waals surface area contributed by atoms with E-state index in [9.17, 15) is 0 Å². The van der Waals surface area contributed by atoms with Gasteiger partial charge in [0.1, 0.15) is 5.65 Å².